The van der Waals surface area contributed by atoms with E-state index in [0.29, 0.717) is 38.6 Å². The van der Waals surface area contributed by atoms with Crippen LogP contribution in [0.2, 0.25) is 0 Å². The van der Waals surface area contributed by atoms with Crippen LogP contribution >= 0.6 is 0 Å². The molecule has 1 saturated carbocycles. The third kappa shape index (κ3) is 2.75. The van der Waals surface area contributed by atoms with Crippen LogP contribution in [-0.4, -0.2) is 48.2 Å². The number of amides is 1. The lowest BCUT2D eigenvalue weighted by molar-refractivity contribution is -0.157. The van der Waals surface area contributed by atoms with Crippen molar-refractivity contribution in [2.45, 2.75) is 45.4 Å². The number of rotatable bonds is 4. The van der Waals surface area contributed by atoms with Crippen LogP contribution in [0, 0.1) is 23.2 Å². The fraction of sp³-hybridized carbons (Fsp3) is 0.882. The Hall–Kier alpha value is -1.10. The van der Waals surface area contributed by atoms with Gasteiger partial charge in [0.1, 0.15) is 0 Å². The highest BCUT2D eigenvalue weighted by atomic mass is 16.5. The zero-order chi connectivity index (χ0) is 15.7. The van der Waals surface area contributed by atoms with Crippen molar-refractivity contribution < 1.29 is 19.4 Å². The van der Waals surface area contributed by atoms with E-state index in [4.69, 9.17) is 4.74 Å². The van der Waals surface area contributed by atoms with E-state index in [9.17, 15) is 14.7 Å². The largest absolute Gasteiger partial charge is 0.481 e. The molecule has 0 bridgehead atoms. The fourth-order valence-electron chi connectivity index (χ4n) is 4.63. The minimum atomic E-state index is -0.777. The number of fused-ring (bicyclic) bond motifs is 1. The summed E-state index contributed by atoms with van der Waals surface area (Å²) in [6.07, 6.45) is 6.54. The lowest BCUT2D eigenvalue weighted by atomic mass is 9.74. The molecule has 0 aromatic heterocycles. The Morgan fingerprint density at radius 1 is 1.36 bits per heavy atom. The molecule has 1 aliphatic carbocycles. The summed E-state index contributed by atoms with van der Waals surface area (Å²) in [7, 11) is 0. The van der Waals surface area contributed by atoms with Crippen molar-refractivity contribution in [1.82, 2.24) is 4.90 Å². The second-order valence-electron chi connectivity index (χ2n) is 7.49. The SMILES string of the molecule is CC(CC1CCCC1)C(=O)N1C[C@H]2COCC[C@@]2(C(=O)O)C1. The summed E-state index contributed by atoms with van der Waals surface area (Å²) in [5.74, 6) is 0.0125. The molecule has 3 atom stereocenters. The van der Waals surface area contributed by atoms with Crippen LogP contribution in [0.3, 0.4) is 0 Å². The molecular weight excluding hydrogens is 282 g/mol. The molecule has 0 aromatic carbocycles. The first-order valence-corrected chi connectivity index (χ1v) is 8.63. The highest BCUT2D eigenvalue weighted by Gasteiger charge is 2.55. The maximum atomic E-state index is 12.7. The average molecular weight is 309 g/mol. The molecule has 1 unspecified atom stereocenters. The summed E-state index contributed by atoms with van der Waals surface area (Å²) in [5, 5.41) is 9.67. The van der Waals surface area contributed by atoms with Crippen LogP contribution in [0.5, 0.6) is 0 Å². The number of carbonyl (C=O) groups is 2. The van der Waals surface area contributed by atoms with E-state index in [1.165, 1.54) is 25.7 Å². The van der Waals surface area contributed by atoms with Gasteiger partial charge in [-0.2, -0.15) is 0 Å². The zero-order valence-electron chi connectivity index (χ0n) is 13.4. The summed E-state index contributed by atoms with van der Waals surface area (Å²) in [6, 6.07) is 0. The predicted octanol–water partition coefficient (Wildman–Crippen LogP) is 2.15. The summed E-state index contributed by atoms with van der Waals surface area (Å²) in [4.78, 5) is 26.3. The molecule has 3 rings (SSSR count). The highest BCUT2D eigenvalue weighted by molar-refractivity contribution is 5.82. The predicted molar refractivity (Wildman–Crippen MR) is 81.3 cm³/mol. The van der Waals surface area contributed by atoms with Gasteiger partial charge in [0.25, 0.3) is 0 Å². The number of carbonyl (C=O) groups excluding carboxylic acids is 1. The van der Waals surface area contributed by atoms with E-state index in [1.54, 1.807) is 4.90 Å². The molecule has 0 radical (unpaired) electrons. The van der Waals surface area contributed by atoms with E-state index < -0.39 is 11.4 Å². The van der Waals surface area contributed by atoms with Crippen molar-refractivity contribution in [3.8, 4) is 0 Å². The Morgan fingerprint density at radius 2 is 2.09 bits per heavy atom. The molecule has 0 spiro atoms. The first-order chi connectivity index (χ1) is 10.5. The standard InChI is InChI=1S/C17H27NO4/c1-12(8-13-4-2-3-5-13)15(19)18-9-14-10-22-7-6-17(14,11-18)16(20)21/h12-14H,2-11H2,1H3,(H,20,21)/t12?,14-,17+/m0/s1. The topological polar surface area (TPSA) is 66.8 Å². The van der Waals surface area contributed by atoms with Crippen molar-refractivity contribution >= 4 is 11.9 Å². The van der Waals surface area contributed by atoms with Gasteiger partial charge in [0.05, 0.1) is 12.0 Å². The van der Waals surface area contributed by atoms with Gasteiger partial charge in [-0.15, -0.1) is 0 Å². The van der Waals surface area contributed by atoms with E-state index in [1.807, 2.05) is 6.92 Å². The lowest BCUT2D eigenvalue weighted by Gasteiger charge is -2.33. The first-order valence-electron chi connectivity index (χ1n) is 8.63. The zero-order valence-corrected chi connectivity index (χ0v) is 13.4. The number of hydrogen-bond donors (Lipinski definition) is 1. The van der Waals surface area contributed by atoms with Gasteiger partial charge >= 0.3 is 5.97 Å². The lowest BCUT2D eigenvalue weighted by Crippen LogP contribution is -2.45. The highest BCUT2D eigenvalue weighted by Crippen LogP contribution is 2.43. The maximum Gasteiger partial charge on any atom is 0.311 e. The number of carboxylic acids is 1. The molecule has 2 heterocycles. The van der Waals surface area contributed by atoms with Crippen LogP contribution in [0.4, 0.5) is 0 Å². The minimum absolute atomic E-state index is 0.00927. The molecule has 124 valence electrons. The summed E-state index contributed by atoms with van der Waals surface area (Å²) < 4.78 is 5.45. The number of likely N-dealkylation sites (tertiary alicyclic amines) is 1. The van der Waals surface area contributed by atoms with Gasteiger partial charge in [0.2, 0.25) is 5.91 Å². The van der Waals surface area contributed by atoms with Gasteiger partial charge in [-0.3, -0.25) is 9.59 Å². The van der Waals surface area contributed by atoms with Gasteiger partial charge in [-0.05, 0) is 18.8 Å². The summed E-state index contributed by atoms with van der Waals surface area (Å²) in [5.41, 5.74) is -0.777. The molecule has 3 aliphatic rings. The van der Waals surface area contributed by atoms with Gasteiger partial charge in [-0.25, -0.2) is 0 Å². The number of hydrogen-bond acceptors (Lipinski definition) is 3. The van der Waals surface area contributed by atoms with Crippen LogP contribution < -0.4 is 0 Å². The Bertz CT molecular complexity index is 446. The normalized spacial score (nSPS) is 33.7. The number of aliphatic carboxylic acids is 1. The van der Waals surface area contributed by atoms with E-state index in [2.05, 4.69) is 0 Å². The second kappa shape index (κ2) is 6.19. The Morgan fingerprint density at radius 3 is 2.73 bits per heavy atom. The van der Waals surface area contributed by atoms with Crippen LogP contribution in [-0.2, 0) is 14.3 Å². The third-order valence-electron chi connectivity index (χ3n) is 6.03. The Labute approximate surface area is 132 Å². The Kier molecular flexibility index (Phi) is 4.44. The van der Waals surface area contributed by atoms with Gasteiger partial charge in [-0.1, -0.05) is 32.6 Å². The third-order valence-corrected chi connectivity index (χ3v) is 6.03. The van der Waals surface area contributed by atoms with Gasteiger partial charge in [0, 0.05) is 31.5 Å². The fourth-order valence-corrected chi connectivity index (χ4v) is 4.63. The van der Waals surface area contributed by atoms with Crippen molar-refractivity contribution in [1.29, 1.82) is 0 Å². The van der Waals surface area contributed by atoms with Crippen molar-refractivity contribution in [2.24, 2.45) is 23.2 Å². The van der Waals surface area contributed by atoms with E-state index in [0.717, 1.165) is 6.42 Å². The molecule has 3 fully saturated rings. The van der Waals surface area contributed by atoms with Crippen LogP contribution in [0.25, 0.3) is 0 Å². The van der Waals surface area contributed by atoms with Crippen LogP contribution in [0.1, 0.15) is 45.4 Å². The van der Waals surface area contributed by atoms with Gasteiger partial charge < -0.3 is 14.7 Å². The monoisotopic (exact) mass is 309 g/mol. The molecule has 22 heavy (non-hydrogen) atoms. The maximum absolute atomic E-state index is 12.7. The summed E-state index contributed by atoms with van der Waals surface area (Å²) >= 11 is 0. The van der Waals surface area contributed by atoms with Crippen LogP contribution in [0.15, 0.2) is 0 Å². The van der Waals surface area contributed by atoms with E-state index >= 15 is 0 Å². The Balaban J connectivity index is 1.65. The van der Waals surface area contributed by atoms with Gasteiger partial charge in [0.15, 0.2) is 0 Å². The molecule has 1 amide bonds. The molecule has 5 nitrogen and oxygen atoms in total. The van der Waals surface area contributed by atoms with Crippen molar-refractivity contribution in [2.75, 3.05) is 26.3 Å². The van der Waals surface area contributed by atoms with Crippen molar-refractivity contribution in [3.63, 3.8) is 0 Å². The molecule has 5 heteroatoms. The molecule has 0 aromatic rings. The minimum Gasteiger partial charge on any atom is -0.481 e. The average Bonchev–Trinajstić information content (AvgIpc) is 3.13. The number of nitrogens with zero attached hydrogens (tertiary/aromatic N) is 1. The second-order valence-corrected chi connectivity index (χ2v) is 7.49. The quantitative estimate of drug-likeness (QED) is 0.864. The number of carboxylic acid groups (broad SMARTS) is 1. The number of ether oxygens (including phenoxy) is 1. The molecule has 1 N–H and O–H groups in total. The van der Waals surface area contributed by atoms with Crippen molar-refractivity contribution in [3.05, 3.63) is 0 Å². The smallest absolute Gasteiger partial charge is 0.311 e. The molecule has 2 aliphatic heterocycles. The summed E-state index contributed by atoms with van der Waals surface area (Å²) in [6.45, 7) is 3.87. The first kappa shape index (κ1) is 15.8. The molecular formula is C17H27NO4. The molecule has 2 saturated heterocycles. The van der Waals surface area contributed by atoms with E-state index in [-0.39, 0.29) is 17.7 Å².